The predicted octanol–water partition coefficient (Wildman–Crippen LogP) is 6.44. The number of carboxylic acids is 1. The molecule has 11 aromatic rings. The van der Waals surface area contributed by atoms with E-state index < -0.39 is 5.97 Å². The number of carboxylic acid groups (broad SMARTS) is 1. The molecule has 0 bridgehead atoms. The summed E-state index contributed by atoms with van der Waals surface area (Å²) < 4.78 is 5.38. The molecule has 0 aliphatic carbocycles. The molecule has 6 N–H and O–H groups in total. The Hall–Kier alpha value is -11.2. The number of hydrazine groups is 1. The summed E-state index contributed by atoms with van der Waals surface area (Å²) in [6.45, 7) is 16.8. The number of nitrogens with two attached hydrogens (primary N) is 1. The van der Waals surface area contributed by atoms with E-state index in [1.807, 2.05) is 120 Å². The summed E-state index contributed by atoms with van der Waals surface area (Å²) in [6.07, 6.45) is 29.8. The van der Waals surface area contributed by atoms with Gasteiger partial charge in [0.15, 0.2) is 26.2 Å². The van der Waals surface area contributed by atoms with Gasteiger partial charge in [-0.05, 0) is 131 Å². The number of thiocarbonyl (C=S) groups is 4. The van der Waals surface area contributed by atoms with Crippen LogP contribution in [0.1, 0.15) is 43.7 Å². The highest BCUT2D eigenvalue weighted by Crippen LogP contribution is 2.12. The number of imidazole rings is 3. The van der Waals surface area contributed by atoms with E-state index in [0.29, 0.717) is 26.5 Å². The normalized spacial score (nSPS) is 14.1. The topological polar surface area (TPSA) is 308 Å². The third kappa shape index (κ3) is 34.1. The van der Waals surface area contributed by atoms with Crippen LogP contribution < -0.4 is 22.0 Å². The van der Waals surface area contributed by atoms with Crippen molar-refractivity contribution in [1.29, 1.82) is 0 Å². The van der Waals surface area contributed by atoms with Crippen LogP contribution in [0.5, 0.6) is 0 Å². The van der Waals surface area contributed by atoms with Crippen molar-refractivity contribution in [2.24, 2.45) is 10.9 Å². The zero-order chi connectivity index (χ0) is 78.9. The summed E-state index contributed by atoms with van der Waals surface area (Å²) in [4.78, 5) is 49.4. The number of piperazine rings is 4. The Morgan fingerprint density at radius 2 is 0.820 bits per heavy atom. The van der Waals surface area contributed by atoms with Crippen molar-refractivity contribution < 1.29 is 14.7 Å². The third-order valence-electron chi connectivity index (χ3n) is 16.6. The molecule has 4 aromatic carbocycles. The first-order valence-electron chi connectivity index (χ1n) is 35.7. The second-order valence-electron chi connectivity index (χ2n) is 24.9. The lowest BCUT2D eigenvalue weighted by Crippen LogP contribution is -2.51. The number of aliphatic carboxylic acids is 1. The lowest BCUT2D eigenvalue weighted by molar-refractivity contribution is -0.136. The molecular formula is C78H96N26O3S4. The van der Waals surface area contributed by atoms with E-state index in [9.17, 15) is 9.59 Å². The fraction of sp³-hybridized carbons (Fsp3) is 0.282. The number of benzene rings is 4. The molecule has 4 aliphatic heterocycles. The van der Waals surface area contributed by atoms with Crippen LogP contribution in [0.15, 0.2) is 262 Å². The van der Waals surface area contributed by atoms with Gasteiger partial charge in [0, 0.05) is 183 Å². The first-order valence-corrected chi connectivity index (χ1v) is 37.3. The van der Waals surface area contributed by atoms with Gasteiger partial charge < -0.3 is 50.1 Å². The van der Waals surface area contributed by atoms with Crippen LogP contribution >= 0.6 is 48.9 Å². The SMILES string of the molecule is CN1CCN(C(=S)N/N=C(/c2ccccc2)c2ccnnc2)CC1.CN1CCN(C(=S)NN)CC1.CN1CCN(C(=S)n2ccnc2)CC1.CN1CCNCC1.O=C(O)Cc1ccccc1.O=C(c1ccccc1)c1ccnnc1.S=C(n1ccnc1)n1ccnc1.c1ccc(Cc2ccnnc2)cc1.c1ccnnc1. The minimum absolute atomic E-state index is 0.0273. The van der Waals surface area contributed by atoms with Crippen molar-refractivity contribution >= 4 is 86.8 Å². The Balaban J connectivity index is 0.000000178. The molecule has 29 nitrogen and oxygen atoms in total. The van der Waals surface area contributed by atoms with Gasteiger partial charge in [0.1, 0.15) is 19.0 Å². The highest BCUT2D eigenvalue weighted by Gasteiger charge is 2.19. The van der Waals surface area contributed by atoms with Gasteiger partial charge in [-0.25, -0.2) is 20.8 Å². The largest absolute Gasteiger partial charge is 0.481 e. The van der Waals surface area contributed by atoms with Gasteiger partial charge in [0.2, 0.25) is 0 Å². The molecule has 0 spiro atoms. The molecule has 0 atom stereocenters. The monoisotopic (exact) mass is 1570 g/mol. The second kappa shape index (κ2) is 51.2. The van der Waals surface area contributed by atoms with Crippen molar-refractivity contribution in [1.82, 2.24) is 120 Å². The molecule has 580 valence electrons. The molecule has 0 saturated carbocycles. The molecule has 33 heteroatoms. The van der Waals surface area contributed by atoms with Crippen LogP contribution in [0.25, 0.3) is 0 Å². The number of ketones is 1. The van der Waals surface area contributed by atoms with E-state index >= 15 is 0 Å². The molecule has 7 aromatic heterocycles. The van der Waals surface area contributed by atoms with Crippen molar-refractivity contribution in [2.75, 3.05) is 133 Å². The standard InChI is InChI=1S/C17H20N6S.C11H8N2O.C11H10N2.C9H14N4S.C8H8O2.C7H6N4S.C6H14N4S.C5H12N2.C4H4N2/c1-22-9-11-23(12-10-22)17(24)21-20-16(14-5-3-2-4-6-14)15-7-8-18-19-13-15;14-11(9-4-2-1-3-5-9)10-6-7-12-13-8-10;1-2-4-10(5-3-1)8-11-6-7-12-13-9-11;1-11-4-6-12(7-5-11)9(14)13-3-2-10-8-13;9-8(10)6-7-4-2-1-3-5-7;12-7(10-3-1-8-5-10)11-4-2-9-6-11;1-9-2-4-10(5-3-9)6(11)8-7;1-7-4-2-6-3-5-7;1-2-4-6-5-3-1/h2-8,13H,9-12H2,1H3,(H,21,24);1-8H;1-7,9H,8H2;2-3,8H,4-7H2,1H3;1-5H,6H2,(H,9,10);1-6H;2-5,7H2,1H3,(H,8,11);6H,2-5H2,1H3;1-4H/b20-16-;;;;;;;;. The summed E-state index contributed by atoms with van der Waals surface area (Å²) in [5, 5.41) is 48.7. The number of hydrogen-bond donors (Lipinski definition) is 5. The fourth-order valence-electron chi connectivity index (χ4n) is 10.3. The first kappa shape index (κ1) is 87.0. The third-order valence-corrected chi connectivity index (χ3v) is 18.2. The number of nitrogens with one attached hydrogen (secondary N) is 3. The molecule has 4 fully saturated rings. The van der Waals surface area contributed by atoms with Gasteiger partial charge in [-0.15, -0.1) is 0 Å². The Morgan fingerprint density at radius 1 is 0.414 bits per heavy atom. The van der Waals surface area contributed by atoms with Crippen LogP contribution in [0.4, 0.5) is 0 Å². The van der Waals surface area contributed by atoms with E-state index in [4.69, 9.17) is 59.8 Å². The van der Waals surface area contributed by atoms with E-state index in [2.05, 4.69) is 152 Å². The number of aromatic nitrogens is 14. The number of carbonyl (C=O) groups is 2. The number of likely N-dealkylation sites (N-methyl/N-ethyl adjacent to an activating group) is 4. The van der Waals surface area contributed by atoms with Crippen LogP contribution in [-0.2, 0) is 17.6 Å². The predicted molar refractivity (Wildman–Crippen MR) is 448 cm³/mol. The maximum Gasteiger partial charge on any atom is 0.307 e. The molecule has 0 unspecified atom stereocenters. The van der Waals surface area contributed by atoms with E-state index in [0.717, 1.165) is 126 Å². The zero-order valence-corrected chi connectivity index (χ0v) is 66.1. The van der Waals surface area contributed by atoms with Crippen molar-refractivity contribution in [3.63, 3.8) is 0 Å². The Bertz CT molecular complexity index is 4160. The Morgan fingerprint density at radius 3 is 1.22 bits per heavy atom. The van der Waals surface area contributed by atoms with E-state index in [-0.39, 0.29) is 12.2 Å². The van der Waals surface area contributed by atoms with Crippen molar-refractivity contribution in [3.05, 3.63) is 296 Å². The Kier molecular flexibility index (Phi) is 40.1. The summed E-state index contributed by atoms with van der Waals surface area (Å²) in [5.74, 6) is 4.38. The maximum atomic E-state index is 11.8. The molecule has 111 heavy (non-hydrogen) atoms. The molecular weight excluding hydrogens is 1480 g/mol. The summed E-state index contributed by atoms with van der Waals surface area (Å²) in [7, 11) is 8.52. The lowest BCUT2D eigenvalue weighted by atomic mass is 10.1. The van der Waals surface area contributed by atoms with Crippen LogP contribution in [0.3, 0.4) is 0 Å². The molecule has 4 aliphatic rings. The highest BCUT2D eigenvalue weighted by atomic mass is 32.1. The zero-order valence-electron chi connectivity index (χ0n) is 62.8. The van der Waals surface area contributed by atoms with Crippen LogP contribution in [-0.4, -0.2) is 280 Å². The molecule has 15 rings (SSSR count). The molecule has 0 amide bonds. The smallest absolute Gasteiger partial charge is 0.307 e. The minimum Gasteiger partial charge on any atom is -0.481 e. The van der Waals surface area contributed by atoms with Crippen molar-refractivity contribution in [3.8, 4) is 0 Å². The van der Waals surface area contributed by atoms with Crippen LogP contribution in [0, 0.1) is 0 Å². The fourth-order valence-corrected chi connectivity index (χ4v) is 11.2. The number of hydrazone groups is 1. The first-order chi connectivity index (χ1) is 54.1. The Labute approximate surface area is 670 Å². The van der Waals surface area contributed by atoms with Crippen molar-refractivity contribution in [2.45, 2.75) is 12.8 Å². The van der Waals surface area contributed by atoms with Gasteiger partial charge in [0.05, 0.1) is 43.1 Å². The van der Waals surface area contributed by atoms with Gasteiger partial charge in [0.25, 0.3) is 0 Å². The van der Waals surface area contributed by atoms with Gasteiger partial charge in [-0.2, -0.15) is 45.9 Å². The number of carbonyl (C=O) groups excluding carboxylic acids is 1. The summed E-state index contributed by atoms with van der Waals surface area (Å²) >= 11 is 21.0. The maximum absolute atomic E-state index is 11.8. The molecule has 11 heterocycles. The molecule has 4 saturated heterocycles. The van der Waals surface area contributed by atoms with Gasteiger partial charge in [-0.1, -0.05) is 121 Å². The van der Waals surface area contributed by atoms with Gasteiger partial charge >= 0.3 is 5.97 Å². The van der Waals surface area contributed by atoms with Gasteiger partial charge in [-0.3, -0.25) is 28.7 Å². The number of rotatable bonds is 9. The summed E-state index contributed by atoms with van der Waals surface area (Å²) in [5.41, 5.74) is 12.8. The lowest BCUT2D eigenvalue weighted by Gasteiger charge is -2.33. The van der Waals surface area contributed by atoms with E-state index in [1.165, 1.54) is 36.6 Å². The second-order valence-corrected chi connectivity index (χ2v) is 26.4. The van der Waals surface area contributed by atoms with Crippen LogP contribution in [0.2, 0.25) is 0 Å². The molecule has 0 radical (unpaired) electrons. The quantitative estimate of drug-likeness (QED) is 0.0341. The van der Waals surface area contributed by atoms with E-state index in [1.54, 1.807) is 127 Å². The highest BCUT2D eigenvalue weighted by molar-refractivity contribution is 7.80. The summed E-state index contributed by atoms with van der Waals surface area (Å²) in [6, 6.07) is 47.7. The number of nitrogens with zero attached hydrogens (tertiary/aromatic N) is 22. The minimum atomic E-state index is -0.786. The average molecular weight is 1570 g/mol. The number of hydrogen-bond acceptors (Lipinski definition) is 24. The average Bonchev–Trinajstić information content (AvgIpc) is 1.38.